The Hall–Kier alpha value is -1.61. The predicted octanol–water partition coefficient (Wildman–Crippen LogP) is 2.34. The lowest BCUT2D eigenvalue weighted by Gasteiger charge is -2.23. The molecule has 1 saturated heterocycles. The fraction of sp³-hybridized carbons (Fsp3) is 0.438. The van der Waals surface area contributed by atoms with Gasteiger partial charge in [-0.25, -0.2) is 0 Å². The molecule has 1 fully saturated rings. The third-order valence-corrected chi connectivity index (χ3v) is 3.60. The van der Waals surface area contributed by atoms with Gasteiger partial charge in [0, 0.05) is 25.6 Å². The molecule has 0 aromatic heterocycles. The Labute approximate surface area is 115 Å². The Bertz CT molecular complexity index is 416. The molecule has 19 heavy (non-hydrogen) atoms. The van der Waals surface area contributed by atoms with Crippen molar-refractivity contribution < 1.29 is 4.79 Å². The molecule has 0 aliphatic carbocycles. The molecule has 102 valence electrons. The molecule has 0 spiro atoms. The summed E-state index contributed by atoms with van der Waals surface area (Å²) < 4.78 is 0. The van der Waals surface area contributed by atoms with Gasteiger partial charge < -0.3 is 10.2 Å². The number of amides is 1. The average Bonchev–Trinajstić information content (AvgIpc) is 2.78. The molecule has 1 heterocycles. The highest BCUT2D eigenvalue weighted by Gasteiger charge is 2.29. The summed E-state index contributed by atoms with van der Waals surface area (Å²) in [6, 6.07) is 10.8. The third kappa shape index (κ3) is 3.93. The lowest BCUT2D eigenvalue weighted by Crippen LogP contribution is -2.35. The average molecular weight is 258 g/mol. The molecule has 1 aromatic rings. The zero-order chi connectivity index (χ0) is 13.5. The van der Waals surface area contributed by atoms with Crippen molar-refractivity contribution in [2.45, 2.75) is 31.8 Å². The van der Waals surface area contributed by atoms with Crippen molar-refractivity contribution in [3.05, 3.63) is 48.6 Å². The first-order valence-corrected chi connectivity index (χ1v) is 6.96. The van der Waals surface area contributed by atoms with Gasteiger partial charge in [0.15, 0.2) is 0 Å². The van der Waals surface area contributed by atoms with Crippen molar-refractivity contribution in [2.24, 2.45) is 0 Å². The minimum absolute atomic E-state index is 0.271. The van der Waals surface area contributed by atoms with Crippen LogP contribution in [0.3, 0.4) is 0 Å². The Kier molecular flexibility index (Phi) is 5.16. The second-order valence-electron chi connectivity index (χ2n) is 4.98. The smallest absolute Gasteiger partial charge is 0.223 e. The number of carbonyl (C=O) groups is 1. The highest BCUT2D eigenvalue weighted by atomic mass is 16.2. The van der Waals surface area contributed by atoms with Crippen LogP contribution in [0.2, 0.25) is 0 Å². The molecule has 1 aliphatic rings. The number of likely N-dealkylation sites (tertiary alicyclic amines) is 1. The van der Waals surface area contributed by atoms with Crippen LogP contribution in [0.1, 0.15) is 24.8 Å². The molecule has 0 saturated carbocycles. The molecule has 0 bridgehead atoms. The summed E-state index contributed by atoms with van der Waals surface area (Å²) >= 11 is 0. The van der Waals surface area contributed by atoms with Gasteiger partial charge in [-0.3, -0.25) is 4.79 Å². The summed E-state index contributed by atoms with van der Waals surface area (Å²) in [7, 11) is 0. The molecular formula is C16H22N2O. The van der Waals surface area contributed by atoms with E-state index in [-0.39, 0.29) is 5.91 Å². The van der Waals surface area contributed by atoms with Gasteiger partial charge in [-0.05, 0) is 24.9 Å². The van der Waals surface area contributed by atoms with Gasteiger partial charge in [-0.15, -0.1) is 6.58 Å². The Morgan fingerprint density at radius 3 is 2.89 bits per heavy atom. The highest BCUT2D eigenvalue weighted by molar-refractivity contribution is 5.78. The summed E-state index contributed by atoms with van der Waals surface area (Å²) in [6.45, 7) is 6.24. The van der Waals surface area contributed by atoms with E-state index < -0.39 is 0 Å². The second kappa shape index (κ2) is 7.10. The van der Waals surface area contributed by atoms with E-state index in [1.54, 1.807) is 0 Å². The lowest BCUT2D eigenvalue weighted by molar-refractivity contribution is -0.128. The molecule has 3 nitrogen and oxygen atoms in total. The fourth-order valence-corrected chi connectivity index (χ4v) is 2.58. The van der Waals surface area contributed by atoms with Crippen LogP contribution in [0.5, 0.6) is 0 Å². The van der Waals surface area contributed by atoms with E-state index in [9.17, 15) is 4.79 Å². The molecule has 1 amide bonds. The van der Waals surface area contributed by atoms with E-state index in [2.05, 4.69) is 36.2 Å². The largest absolute Gasteiger partial charge is 0.336 e. The van der Waals surface area contributed by atoms with E-state index in [0.717, 1.165) is 25.9 Å². The molecule has 0 radical (unpaired) electrons. The third-order valence-electron chi connectivity index (χ3n) is 3.60. The van der Waals surface area contributed by atoms with E-state index in [1.165, 1.54) is 5.56 Å². The monoisotopic (exact) mass is 258 g/mol. The van der Waals surface area contributed by atoms with Crippen LogP contribution < -0.4 is 5.32 Å². The zero-order valence-corrected chi connectivity index (χ0v) is 11.3. The van der Waals surface area contributed by atoms with E-state index >= 15 is 0 Å². The van der Waals surface area contributed by atoms with Gasteiger partial charge in [0.25, 0.3) is 0 Å². The maximum Gasteiger partial charge on any atom is 0.223 e. The zero-order valence-electron chi connectivity index (χ0n) is 11.3. The summed E-state index contributed by atoms with van der Waals surface area (Å²) in [4.78, 5) is 13.6. The van der Waals surface area contributed by atoms with Crippen molar-refractivity contribution >= 4 is 5.91 Å². The first-order valence-electron chi connectivity index (χ1n) is 6.96. The van der Waals surface area contributed by atoms with Crippen molar-refractivity contribution in [3.8, 4) is 0 Å². The van der Waals surface area contributed by atoms with Crippen LogP contribution in [-0.4, -0.2) is 29.9 Å². The quantitative estimate of drug-likeness (QED) is 0.601. The van der Waals surface area contributed by atoms with Crippen LogP contribution >= 0.6 is 0 Å². The van der Waals surface area contributed by atoms with E-state index in [1.807, 2.05) is 17.0 Å². The minimum atomic E-state index is 0.271. The second-order valence-corrected chi connectivity index (χ2v) is 4.98. The van der Waals surface area contributed by atoms with Gasteiger partial charge in [-0.1, -0.05) is 36.4 Å². The van der Waals surface area contributed by atoms with E-state index in [0.29, 0.717) is 19.0 Å². The van der Waals surface area contributed by atoms with Gasteiger partial charge >= 0.3 is 0 Å². The van der Waals surface area contributed by atoms with Gasteiger partial charge in [0.05, 0.1) is 0 Å². The molecule has 1 atom stereocenters. The van der Waals surface area contributed by atoms with Crippen LogP contribution in [0.4, 0.5) is 0 Å². The maximum absolute atomic E-state index is 11.7. The summed E-state index contributed by atoms with van der Waals surface area (Å²) in [6.07, 6.45) is 4.51. The number of hydrogen-bond acceptors (Lipinski definition) is 2. The van der Waals surface area contributed by atoms with Gasteiger partial charge in [0.1, 0.15) is 0 Å². The standard InChI is InChI=1S/C16H22N2O/c1-2-12-18-15(8-9-16(18)19)10-11-17-13-14-6-4-3-5-7-14/h2-7,15,17H,1,8-13H2/t15-/m1/s1. The van der Waals surface area contributed by atoms with Crippen molar-refractivity contribution in [2.75, 3.05) is 13.1 Å². The lowest BCUT2D eigenvalue weighted by atomic mass is 10.1. The van der Waals surface area contributed by atoms with Crippen molar-refractivity contribution in [1.29, 1.82) is 0 Å². The number of carbonyl (C=O) groups excluding carboxylic acids is 1. The Morgan fingerprint density at radius 2 is 2.16 bits per heavy atom. The first-order chi connectivity index (χ1) is 9.31. The van der Waals surface area contributed by atoms with E-state index in [4.69, 9.17) is 0 Å². The molecule has 3 heteroatoms. The maximum atomic E-state index is 11.7. The fourth-order valence-electron chi connectivity index (χ4n) is 2.58. The predicted molar refractivity (Wildman–Crippen MR) is 77.7 cm³/mol. The first kappa shape index (κ1) is 13.8. The summed E-state index contributed by atoms with van der Waals surface area (Å²) in [5.41, 5.74) is 1.30. The molecule has 1 aliphatic heterocycles. The van der Waals surface area contributed by atoms with Gasteiger partial charge in [0.2, 0.25) is 5.91 Å². The highest BCUT2D eigenvalue weighted by Crippen LogP contribution is 2.20. The van der Waals surface area contributed by atoms with Crippen LogP contribution in [-0.2, 0) is 11.3 Å². The number of benzene rings is 1. The Balaban J connectivity index is 1.70. The number of nitrogens with one attached hydrogen (secondary N) is 1. The van der Waals surface area contributed by atoms with Crippen molar-refractivity contribution in [3.63, 3.8) is 0 Å². The molecule has 1 N–H and O–H groups in total. The van der Waals surface area contributed by atoms with Crippen LogP contribution in [0.25, 0.3) is 0 Å². The summed E-state index contributed by atoms with van der Waals surface area (Å²) in [5.74, 6) is 0.271. The number of hydrogen-bond donors (Lipinski definition) is 1. The van der Waals surface area contributed by atoms with Crippen LogP contribution in [0.15, 0.2) is 43.0 Å². The molecular weight excluding hydrogens is 236 g/mol. The van der Waals surface area contributed by atoms with Crippen LogP contribution in [0, 0.1) is 0 Å². The van der Waals surface area contributed by atoms with Gasteiger partial charge in [-0.2, -0.15) is 0 Å². The minimum Gasteiger partial charge on any atom is -0.336 e. The molecule has 0 unspecified atom stereocenters. The number of rotatable bonds is 7. The number of nitrogens with zero attached hydrogens (tertiary/aromatic N) is 1. The van der Waals surface area contributed by atoms with Crippen molar-refractivity contribution in [1.82, 2.24) is 10.2 Å². The Morgan fingerprint density at radius 1 is 1.37 bits per heavy atom. The molecule has 2 rings (SSSR count). The topological polar surface area (TPSA) is 32.3 Å². The summed E-state index contributed by atoms with van der Waals surface area (Å²) in [5, 5.41) is 3.44. The SMILES string of the molecule is C=CCN1C(=O)CC[C@@H]1CCNCc1ccccc1. The normalized spacial score (nSPS) is 18.8. The molecule has 1 aromatic carbocycles.